The van der Waals surface area contributed by atoms with Gasteiger partial charge in [0.05, 0.1) is 12.2 Å². The second-order valence-corrected chi connectivity index (χ2v) is 6.94. The monoisotopic (exact) mass is 365 g/mol. The number of aromatic nitrogens is 1. The second-order valence-electron chi connectivity index (χ2n) is 6.94. The third kappa shape index (κ3) is 5.76. The number of amides is 2. The van der Waals surface area contributed by atoms with Crippen molar-refractivity contribution in [2.24, 2.45) is 17.6 Å². The molecule has 1 aliphatic heterocycles. The summed E-state index contributed by atoms with van der Waals surface area (Å²) in [6, 6.07) is 3.76. The van der Waals surface area contributed by atoms with Crippen molar-refractivity contribution in [1.29, 1.82) is 0 Å². The number of primary amides is 1. The first-order valence-electron chi connectivity index (χ1n) is 8.86. The molecule has 2 amide bonds. The average molecular weight is 365 g/mol. The molecule has 0 aromatic carbocycles. The number of aryl methyl sites for hydroxylation is 1. The van der Waals surface area contributed by atoms with E-state index in [4.69, 9.17) is 15.7 Å². The SMILES string of the molecule is CC1CC(C(CC(O)CCc2cccnc2)C(=O)NO)CC(C(N)=O)O1. The number of nitrogens with one attached hydrogen (secondary N) is 1. The Morgan fingerprint density at radius 2 is 2.23 bits per heavy atom. The fourth-order valence-electron chi connectivity index (χ4n) is 3.59. The number of aliphatic hydroxyl groups is 1. The summed E-state index contributed by atoms with van der Waals surface area (Å²) in [5.74, 6) is -1.97. The Kier molecular flexibility index (Phi) is 7.50. The molecule has 26 heavy (non-hydrogen) atoms. The van der Waals surface area contributed by atoms with Crippen LogP contribution in [-0.4, -0.2) is 45.4 Å². The highest BCUT2D eigenvalue weighted by atomic mass is 16.5. The van der Waals surface area contributed by atoms with E-state index in [1.54, 1.807) is 17.9 Å². The van der Waals surface area contributed by atoms with E-state index >= 15 is 0 Å². The van der Waals surface area contributed by atoms with Gasteiger partial charge < -0.3 is 15.6 Å². The Hall–Kier alpha value is -2.03. The maximum absolute atomic E-state index is 12.2. The lowest BCUT2D eigenvalue weighted by Gasteiger charge is -2.36. The van der Waals surface area contributed by atoms with Crippen LogP contribution in [0.4, 0.5) is 0 Å². The first-order chi connectivity index (χ1) is 12.4. The van der Waals surface area contributed by atoms with Crippen molar-refractivity contribution in [1.82, 2.24) is 10.5 Å². The van der Waals surface area contributed by atoms with E-state index in [2.05, 4.69) is 4.98 Å². The highest BCUT2D eigenvalue weighted by molar-refractivity contribution is 5.80. The molecule has 2 heterocycles. The van der Waals surface area contributed by atoms with E-state index in [-0.39, 0.29) is 18.4 Å². The summed E-state index contributed by atoms with van der Waals surface area (Å²) >= 11 is 0. The Labute approximate surface area is 152 Å². The number of rotatable bonds is 8. The number of nitrogens with two attached hydrogens (primary N) is 1. The molecule has 2 rings (SSSR count). The summed E-state index contributed by atoms with van der Waals surface area (Å²) < 4.78 is 5.51. The smallest absolute Gasteiger partial charge is 0.246 e. The molecule has 5 unspecified atom stereocenters. The van der Waals surface area contributed by atoms with Crippen LogP contribution in [-0.2, 0) is 20.7 Å². The number of pyridine rings is 1. The molecule has 0 spiro atoms. The van der Waals surface area contributed by atoms with Crippen LogP contribution >= 0.6 is 0 Å². The van der Waals surface area contributed by atoms with Gasteiger partial charge in [0, 0.05) is 18.3 Å². The van der Waals surface area contributed by atoms with Gasteiger partial charge in [0.15, 0.2) is 0 Å². The molecule has 1 aliphatic rings. The fourth-order valence-corrected chi connectivity index (χ4v) is 3.59. The summed E-state index contributed by atoms with van der Waals surface area (Å²) in [5.41, 5.74) is 8.03. The quantitative estimate of drug-likeness (QED) is 0.393. The summed E-state index contributed by atoms with van der Waals surface area (Å²) in [5, 5.41) is 19.5. The van der Waals surface area contributed by atoms with E-state index in [1.807, 2.05) is 19.1 Å². The molecule has 0 aliphatic carbocycles. The van der Waals surface area contributed by atoms with Gasteiger partial charge in [0.1, 0.15) is 6.10 Å². The minimum atomic E-state index is -0.759. The molecule has 0 radical (unpaired) electrons. The van der Waals surface area contributed by atoms with E-state index in [1.165, 1.54) is 0 Å². The van der Waals surface area contributed by atoms with Crippen molar-refractivity contribution in [2.75, 3.05) is 0 Å². The zero-order valence-corrected chi connectivity index (χ0v) is 14.9. The van der Waals surface area contributed by atoms with E-state index < -0.39 is 29.9 Å². The van der Waals surface area contributed by atoms with Crippen molar-refractivity contribution >= 4 is 11.8 Å². The van der Waals surface area contributed by atoms with Crippen molar-refractivity contribution in [3.05, 3.63) is 30.1 Å². The molecule has 8 heteroatoms. The Bertz CT molecular complexity index is 598. The summed E-state index contributed by atoms with van der Waals surface area (Å²) in [6.45, 7) is 1.81. The predicted molar refractivity (Wildman–Crippen MR) is 92.9 cm³/mol. The Balaban J connectivity index is 1.99. The summed E-state index contributed by atoms with van der Waals surface area (Å²) in [7, 11) is 0. The van der Waals surface area contributed by atoms with Crippen molar-refractivity contribution in [3.63, 3.8) is 0 Å². The zero-order valence-electron chi connectivity index (χ0n) is 14.9. The van der Waals surface area contributed by atoms with Gasteiger partial charge in [-0.15, -0.1) is 0 Å². The van der Waals surface area contributed by atoms with Gasteiger partial charge in [-0.1, -0.05) is 6.07 Å². The zero-order chi connectivity index (χ0) is 19.1. The number of nitrogens with zero attached hydrogens (tertiary/aromatic N) is 1. The molecule has 144 valence electrons. The molecule has 0 bridgehead atoms. The molecule has 1 aromatic rings. The summed E-state index contributed by atoms with van der Waals surface area (Å²) in [4.78, 5) is 27.7. The highest BCUT2D eigenvalue weighted by Gasteiger charge is 2.38. The lowest BCUT2D eigenvalue weighted by atomic mass is 9.78. The molecule has 8 nitrogen and oxygen atoms in total. The lowest BCUT2D eigenvalue weighted by Crippen LogP contribution is -2.45. The topological polar surface area (TPSA) is 135 Å². The number of aliphatic hydroxyl groups excluding tert-OH is 1. The van der Waals surface area contributed by atoms with Gasteiger partial charge in [0.25, 0.3) is 0 Å². The van der Waals surface area contributed by atoms with Crippen LogP contribution in [0.3, 0.4) is 0 Å². The third-order valence-electron chi connectivity index (χ3n) is 4.90. The molecule has 1 fully saturated rings. The van der Waals surface area contributed by atoms with Crippen LogP contribution in [0.25, 0.3) is 0 Å². The van der Waals surface area contributed by atoms with Crippen molar-refractivity contribution < 1.29 is 24.6 Å². The number of carbonyl (C=O) groups excluding carboxylic acids is 2. The largest absolute Gasteiger partial charge is 0.393 e. The van der Waals surface area contributed by atoms with Gasteiger partial charge in [-0.2, -0.15) is 0 Å². The van der Waals surface area contributed by atoms with Crippen LogP contribution < -0.4 is 11.2 Å². The molecule has 0 saturated carbocycles. The Morgan fingerprint density at radius 1 is 1.46 bits per heavy atom. The van der Waals surface area contributed by atoms with Gasteiger partial charge >= 0.3 is 0 Å². The van der Waals surface area contributed by atoms with Crippen LogP contribution in [0, 0.1) is 11.8 Å². The number of hydrogen-bond acceptors (Lipinski definition) is 6. The standard InChI is InChI=1S/C18H27N3O5/c1-11-7-13(8-16(26-11)17(19)23)15(18(24)21-25)9-14(22)5-4-12-3-2-6-20-10-12/h2-3,6,10-11,13-16,22,25H,4-5,7-9H2,1H3,(H2,19,23)(H,21,24). The Morgan fingerprint density at radius 3 is 2.85 bits per heavy atom. The van der Waals surface area contributed by atoms with E-state index in [9.17, 15) is 14.7 Å². The molecule has 5 N–H and O–H groups in total. The normalized spacial score (nSPS) is 25.3. The number of hydroxylamine groups is 1. The molecule has 1 aromatic heterocycles. The number of hydrogen-bond donors (Lipinski definition) is 4. The second kappa shape index (κ2) is 9.61. The van der Waals surface area contributed by atoms with Gasteiger partial charge in [0.2, 0.25) is 11.8 Å². The maximum Gasteiger partial charge on any atom is 0.246 e. The number of ether oxygens (including phenoxy) is 1. The summed E-state index contributed by atoms with van der Waals surface area (Å²) in [6.07, 6.45) is 3.86. The van der Waals surface area contributed by atoms with E-state index in [0.717, 1.165) is 5.56 Å². The molecular weight excluding hydrogens is 338 g/mol. The first kappa shape index (κ1) is 20.3. The van der Waals surface area contributed by atoms with Crippen LogP contribution in [0.15, 0.2) is 24.5 Å². The number of carbonyl (C=O) groups is 2. The van der Waals surface area contributed by atoms with Gasteiger partial charge in [-0.25, -0.2) is 5.48 Å². The molecule has 5 atom stereocenters. The maximum atomic E-state index is 12.2. The highest BCUT2D eigenvalue weighted by Crippen LogP contribution is 2.33. The van der Waals surface area contributed by atoms with Crippen LogP contribution in [0.5, 0.6) is 0 Å². The van der Waals surface area contributed by atoms with E-state index in [0.29, 0.717) is 25.7 Å². The average Bonchev–Trinajstić information content (AvgIpc) is 2.64. The van der Waals surface area contributed by atoms with Crippen LogP contribution in [0.1, 0.15) is 38.2 Å². The van der Waals surface area contributed by atoms with Gasteiger partial charge in [-0.3, -0.25) is 19.8 Å². The minimum Gasteiger partial charge on any atom is -0.393 e. The minimum absolute atomic E-state index is 0.190. The fraction of sp³-hybridized carbons (Fsp3) is 0.611. The predicted octanol–water partition coefficient (Wildman–Crippen LogP) is 0.556. The first-order valence-corrected chi connectivity index (χ1v) is 8.86. The molecule has 1 saturated heterocycles. The van der Waals surface area contributed by atoms with Crippen molar-refractivity contribution in [3.8, 4) is 0 Å². The third-order valence-corrected chi connectivity index (χ3v) is 4.90. The molecular formula is C18H27N3O5. The van der Waals surface area contributed by atoms with Crippen LogP contribution in [0.2, 0.25) is 0 Å². The lowest BCUT2D eigenvalue weighted by molar-refractivity contribution is -0.149. The van der Waals surface area contributed by atoms with Gasteiger partial charge in [-0.05, 0) is 56.6 Å². The van der Waals surface area contributed by atoms with Crippen molar-refractivity contribution in [2.45, 2.75) is 57.3 Å².